The number of hydrogen-bond donors (Lipinski definition) is 8. The van der Waals surface area contributed by atoms with E-state index in [4.69, 9.17) is 19.6 Å². The Morgan fingerprint density at radius 2 is 1.10 bits per heavy atom. The van der Waals surface area contributed by atoms with E-state index in [1.54, 1.807) is 0 Å². The van der Waals surface area contributed by atoms with Crippen molar-refractivity contribution in [2.75, 3.05) is 19.8 Å². The molecule has 0 aliphatic heterocycles. The minimum atomic E-state index is -2.61. The third-order valence-corrected chi connectivity index (χ3v) is 8.73. The lowest BCUT2D eigenvalue weighted by molar-refractivity contribution is -0.165. The highest BCUT2D eigenvalue weighted by molar-refractivity contribution is 7.53. The topological polar surface area (TPSA) is 171 Å². The minimum absolute atomic E-state index is 0.266. The molecule has 1 aromatic carbocycles. The van der Waals surface area contributed by atoms with Crippen LogP contribution in [0.1, 0.15) is 123 Å². The van der Waals surface area contributed by atoms with E-state index in [1.807, 2.05) is 0 Å². The molecule has 0 saturated carbocycles. The van der Waals surface area contributed by atoms with Gasteiger partial charge in [-0.25, -0.2) is 4.31 Å². The Morgan fingerprint density at radius 1 is 0.707 bits per heavy atom. The average molecular weight is 625 g/mol. The zero-order valence-corrected chi connectivity index (χ0v) is 28.5. The van der Waals surface area contributed by atoms with Crippen LogP contribution >= 0.6 is 17.2 Å². The Kier molecular flexibility index (Phi) is 17.8. The van der Waals surface area contributed by atoms with Crippen molar-refractivity contribution < 1.29 is 44.3 Å². The van der Waals surface area contributed by atoms with E-state index in [1.165, 1.54) is 19.3 Å². The van der Waals surface area contributed by atoms with Crippen LogP contribution < -0.4 is 0 Å². The summed E-state index contributed by atoms with van der Waals surface area (Å²) in [6.07, 6.45) is 6.84. The number of aliphatic hydroxyl groups excluding tert-OH is 3. The molecule has 9 nitrogen and oxygen atoms in total. The van der Waals surface area contributed by atoms with E-state index in [9.17, 15) is 20.4 Å². The van der Waals surface area contributed by atoms with Gasteiger partial charge in [-0.3, -0.25) is 0 Å². The van der Waals surface area contributed by atoms with Crippen LogP contribution in [0, 0.1) is 18.3 Å². The maximum Gasteiger partial charge on any atom is 0.334 e. The van der Waals surface area contributed by atoms with E-state index in [-0.39, 0.29) is 10.8 Å². The van der Waals surface area contributed by atoms with Crippen molar-refractivity contribution in [3.63, 3.8) is 0 Å². The lowest BCUT2D eigenvalue weighted by atomic mass is 9.60. The minimum Gasteiger partial charge on any atom is -0.395 e. The van der Waals surface area contributed by atoms with E-state index in [2.05, 4.69) is 78.8 Å². The molecule has 242 valence electrons. The molecule has 0 aliphatic carbocycles. The lowest BCUT2D eigenvalue weighted by Gasteiger charge is -2.49. The molecule has 1 atom stereocenters. The summed E-state index contributed by atoms with van der Waals surface area (Å²) in [6, 6.07) is 4.25. The van der Waals surface area contributed by atoms with Crippen LogP contribution in [0.2, 0.25) is 0 Å². The lowest BCUT2D eigenvalue weighted by Crippen LogP contribution is -2.55. The maximum absolute atomic E-state index is 12.6. The summed E-state index contributed by atoms with van der Waals surface area (Å²) in [4.78, 5) is 31.3. The van der Waals surface area contributed by atoms with E-state index in [0.29, 0.717) is 6.42 Å². The molecule has 0 fully saturated rings. The molecule has 0 aliphatic rings. The Morgan fingerprint density at radius 3 is 1.41 bits per heavy atom. The molecular weight excluding hydrogens is 566 g/mol. The molecule has 0 heterocycles. The van der Waals surface area contributed by atoms with Crippen LogP contribution in [0.4, 0.5) is 0 Å². The van der Waals surface area contributed by atoms with Crippen molar-refractivity contribution >= 4 is 17.2 Å². The second-order valence-electron chi connectivity index (χ2n) is 13.6. The first kappa shape index (κ1) is 40.7. The summed E-state index contributed by atoms with van der Waals surface area (Å²) < 4.78 is 3.60. The first-order chi connectivity index (χ1) is 18.7. The predicted octanol–water partition coefficient (Wildman–Crippen LogP) is 5.55. The second-order valence-corrected chi connectivity index (χ2v) is 15.3. The highest BCUT2D eigenvalue weighted by atomic mass is 31.2. The van der Waals surface area contributed by atoms with Crippen molar-refractivity contribution in [3.05, 3.63) is 34.4 Å². The van der Waals surface area contributed by atoms with Crippen molar-refractivity contribution in [2.24, 2.45) is 11.3 Å². The average Bonchev–Trinajstić information content (AvgIpc) is 2.82. The van der Waals surface area contributed by atoms with Gasteiger partial charge in [-0.2, -0.15) is 0 Å². The number of aliphatic hydroxyl groups is 4. The van der Waals surface area contributed by atoms with Crippen LogP contribution in [0.3, 0.4) is 0 Å². The SMILES string of the molecule is Cc1cc(C(C)(C)C)c(C(O)(CCCCCCCC(C)C)C(CO)(CO)CO)c(C(C)(C)C)c1.OP(O)OP(O)O. The summed E-state index contributed by atoms with van der Waals surface area (Å²) in [7, 11) is -5.22. The zero-order valence-electron chi connectivity index (χ0n) is 26.7. The zero-order chi connectivity index (χ0) is 32.2. The second kappa shape index (κ2) is 17.9. The molecular formula is C30H58O9P2. The van der Waals surface area contributed by atoms with E-state index >= 15 is 0 Å². The summed E-state index contributed by atoms with van der Waals surface area (Å²) in [5, 5.41) is 43.9. The van der Waals surface area contributed by atoms with E-state index in [0.717, 1.165) is 47.4 Å². The van der Waals surface area contributed by atoms with Gasteiger partial charge in [-0.05, 0) is 46.8 Å². The van der Waals surface area contributed by atoms with Crippen LogP contribution in [0.15, 0.2) is 12.1 Å². The number of unbranched alkanes of at least 4 members (excludes halogenated alkanes) is 4. The maximum atomic E-state index is 12.6. The summed E-state index contributed by atoms with van der Waals surface area (Å²) in [6.45, 7) is 17.9. The molecule has 0 bridgehead atoms. The molecule has 0 radical (unpaired) electrons. The summed E-state index contributed by atoms with van der Waals surface area (Å²) in [5.41, 5.74) is 0.371. The molecule has 1 rings (SSSR count). The van der Waals surface area contributed by atoms with Crippen LogP contribution in [0.25, 0.3) is 0 Å². The first-order valence-electron chi connectivity index (χ1n) is 14.5. The number of benzene rings is 1. The highest BCUT2D eigenvalue weighted by Gasteiger charge is 2.53. The van der Waals surface area contributed by atoms with Crippen molar-refractivity contribution in [1.29, 1.82) is 0 Å². The van der Waals surface area contributed by atoms with Gasteiger partial charge < -0.3 is 40.0 Å². The van der Waals surface area contributed by atoms with Crippen LogP contribution in [-0.4, -0.2) is 59.8 Å². The monoisotopic (exact) mass is 624 g/mol. The Hall–Kier alpha value is -0.280. The Balaban J connectivity index is 0.00000201. The molecule has 0 aromatic heterocycles. The molecule has 1 aromatic rings. The third kappa shape index (κ3) is 12.7. The van der Waals surface area contributed by atoms with Crippen molar-refractivity contribution in [2.45, 2.75) is 124 Å². The fourth-order valence-corrected chi connectivity index (χ4v) is 5.66. The smallest absolute Gasteiger partial charge is 0.334 e. The molecule has 11 heteroatoms. The molecule has 1 unspecified atom stereocenters. The van der Waals surface area contributed by atoms with Gasteiger partial charge in [0.15, 0.2) is 0 Å². The number of aryl methyl sites for hydroxylation is 1. The quantitative estimate of drug-likeness (QED) is 0.0920. The Bertz CT molecular complexity index is 826. The molecule has 0 amide bonds. The fourth-order valence-electron chi connectivity index (χ4n) is 5.14. The first-order valence-corrected chi connectivity index (χ1v) is 16.8. The summed E-state index contributed by atoms with van der Waals surface area (Å²) >= 11 is 0. The van der Waals surface area contributed by atoms with Gasteiger partial charge >= 0.3 is 17.2 Å². The Labute approximate surface area is 250 Å². The number of rotatable bonds is 15. The van der Waals surface area contributed by atoms with Gasteiger partial charge in [-0.1, -0.05) is 112 Å². The van der Waals surface area contributed by atoms with Gasteiger partial charge in [0.2, 0.25) is 0 Å². The number of hydrogen-bond acceptors (Lipinski definition) is 9. The molecule has 41 heavy (non-hydrogen) atoms. The standard InChI is InChI=1S/C30H54O4.H4O5P2/c1-22(2)15-13-11-10-12-14-16-30(34,29(19-31,20-32)21-33)26-24(27(4,5)6)17-23(3)18-25(26)28(7,8)9;1-6(2)5-7(3)4/h17-18,22,31-34H,10-16,19-21H2,1-9H3;1-4H. The third-order valence-electron chi connectivity index (χ3n) is 7.56. The highest BCUT2D eigenvalue weighted by Crippen LogP contribution is 2.50. The van der Waals surface area contributed by atoms with Crippen molar-refractivity contribution in [3.8, 4) is 0 Å². The van der Waals surface area contributed by atoms with Gasteiger partial charge in [0.05, 0.1) is 25.2 Å². The van der Waals surface area contributed by atoms with Gasteiger partial charge in [-0.15, -0.1) is 0 Å². The largest absolute Gasteiger partial charge is 0.395 e. The van der Waals surface area contributed by atoms with Crippen LogP contribution in [-0.2, 0) is 20.7 Å². The summed E-state index contributed by atoms with van der Waals surface area (Å²) in [5.74, 6) is 0.720. The molecule has 8 N–H and O–H groups in total. The van der Waals surface area contributed by atoms with Gasteiger partial charge in [0, 0.05) is 0 Å². The van der Waals surface area contributed by atoms with Gasteiger partial charge in [0.25, 0.3) is 0 Å². The predicted molar refractivity (Wildman–Crippen MR) is 167 cm³/mol. The fraction of sp³-hybridized carbons (Fsp3) is 0.800. The molecule has 0 spiro atoms. The van der Waals surface area contributed by atoms with Crippen LogP contribution in [0.5, 0.6) is 0 Å². The van der Waals surface area contributed by atoms with E-state index < -0.39 is 48.0 Å². The van der Waals surface area contributed by atoms with Gasteiger partial charge in [0.1, 0.15) is 5.60 Å². The molecule has 0 saturated heterocycles. The van der Waals surface area contributed by atoms with Crippen molar-refractivity contribution in [1.82, 2.24) is 0 Å². The normalized spacial score (nSPS) is 14.4.